The van der Waals surface area contributed by atoms with Gasteiger partial charge in [-0.05, 0) is 19.4 Å². The van der Waals surface area contributed by atoms with Gasteiger partial charge >= 0.3 is 6.18 Å². The third-order valence-electron chi connectivity index (χ3n) is 1.46. The van der Waals surface area contributed by atoms with Crippen LogP contribution in [0.5, 0.6) is 0 Å². The van der Waals surface area contributed by atoms with Gasteiger partial charge < -0.3 is 5.32 Å². The number of halogens is 3. The van der Waals surface area contributed by atoms with Gasteiger partial charge in [0.05, 0.1) is 0 Å². The molecule has 0 amide bonds. The summed E-state index contributed by atoms with van der Waals surface area (Å²) in [5.74, 6) is 0. The minimum Gasteiger partial charge on any atom is -0.306 e. The van der Waals surface area contributed by atoms with Crippen molar-refractivity contribution in [2.45, 2.75) is 25.1 Å². The molecular formula is C5H8F3N. The summed E-state index contributed by atoms with van der Waals surface area (Å²) in [7, 11) is 0. The van der Waals surface area contributed by atoms with E-state index in [1.54, 1.807) is 0 Å². The number of hydrogen-bond donors (Lipinski definition) is 1. The van der Waals surface area contributed by atoms with E-state index in [0.29, 0.717) is 13.0 Å². The number of hydrogen-bond acceptors (Lipinski definition) is 1. The molecule has 1 nitrogen and oxygen atoms in total. The van der Waals surface area contributed by atoms with Gasteiger partial charge in [0.15, 0.2) is 0 Å². The lowest BCUT2D eigenvalue weighted by Gasteiger charge is -2.13. The Bertz CT molecular complexity index is 92.9. The molecule has 1 fully saturated rings. The first-order chi connectivity index (χ1) is 4.11. The molecule has 1 heterocycles. The largest absolute Gasteiger partial charge is 0.403 e. The van der Waals surface area contributed by atoms with Crippen LogP contribution in [0.1, 0.15) is 12.8 Å². The highest BCUT2D eigenvalue weighted by Crippen LogP contribution is 2.25. The Kier molecular flexibility index (Phi) is 1.66. The summed E-state index contributed by atoms with van der Waals surface area (Å²) in [4.78, 5) is 0. The molecule has 0 saturated carbocycles. The molecule has 0 aliphatic carbocycles. The molecular weight excluding hydrogens is 131 g/mol. The lowest BCUT2D eigenvalue weighted by molar-refractivity contribution is -0.151. The van der Waals surface area contributed by atoms with Gasteiger partial charge in [-0.1, -0.05) is 0 Å². The van der Waals surface area contributed by atoms with E-state index in [0.717, 1.165) is 0 Å². The molecule has 1 aliphatic rings. The van der Waals surface area contributed by atoms with Crippen LogP contribution in [-0.4, -0.2) is 18.8 Å². The Morgan fingerprint density at radius 3 is 2.22 bits per heavy atom. The highest BCUT2D eigenvalue weighted by Gasteiger charge is 2.40. The standard InChI is InChI=1S/C5H8F3N/c6-5(7,8)4-2-1-3-9-4/h4,9H,1-3H2/t4-/m0/s1. The van der Waals surface area contributed by atoms with Crippen LogP contribution in [0.3, 0.4) is 0 Å². The Hall–Kier alpha value is -0.250. The molecule has 54 valence electrons. The quantitative estimate of drug-likeness (QED) is 0.533. The van der Waals surface area contributed by atoms with Gasteiger partial charge in [0, 0.05) is 0 Å². The molecule has 9 heavy (non-hydrogen) atoms. The Balaban J connectivity index is 2.42. The van der Waals surface area contributed by atoms with Gasteiger partial charge in [-0.3, -0.25) is 0 Å². The van der Waals surface area contributed by atoms with Crippen molar-refractivity contribution in [2.24, 2.45) is 0 Å². The van der Waals surface area contributed by atoms with Gasteiger partial charge in [-0.2, -0.15) is 13.2 Å². The molecule has 1 aliphatic heterocycles. The minimum atomic E-state index is -4.03. The second-order valence-electron chi connectivity index (χ2n) is 2.19. The van der Waals surface area contributed by atoms with Gasteiger partial charge in [0.25, 0.3) is 0 Å². The molecule has 0 spiro atoms. The molecule has 0 bridgehead atoms. The molecule has 0 radical (unpaired) electrons. The van der Waals surface area contributed by atoms with Gasteiger partial charge in [-0.25, -0.2) is 0 Å². The van der Waals surface area contributed by atoms with Crippen molar-refractivity contribution in [1.29, 1.82) is 0 Å². The van der Waals surface area contributed by atoms with Crippen LogP contribution in [-0.2, 0) is 0 Å². The summed E-state index contributed by atoms with van der Waals surface area (Å²) in [6.07, 6.45) is -3.15. The first-order valence-electron chi connectivity index (χ1n) is 2.91. The van der Waals surface area contributed by atoms with Crippen molar-refractivity contribution in [3.8, 4) is 0 Å². The van der Waals surface area contributed by atoms with E-state index in [1.165, 1.54) is 0 Å². The molecule has 1 N–H and O–H groups in total. The maximum absolute atomic E-state index is 11.7. The van der Waals surface area contributed by atoms with E-state index in [-0.39, 0.29) is 6.42 Å². The molecule has 0 aromatic carbocycles. The van der Waals surface area contributed by atoms with E-state index < -0.39 is 12.2 Å². The molecule has 0 aromatic heterocycles. The van der Waals surface area contributed by atoms with Gasteiger partial charge in [0.2, 0.25) is 0 Å². The summed E-state index contributed by atoms with van der Waals surface area (Å²) in [5.41, 5.74) is 0. The summed E-state index contributed by atoms with van der Waals surface area (Å²) < 4.78 is 35.1. The average molecular weight is 139 g/mol. The molecule has 1 saturated heterocycles. The van der Waals surface area contributed by atoms with E-state index in [2.05, 4.69) is 5.32 Å². The van der Waals surface area contributed by atoms with Crippen LogP contribution >= 0.6 is 0 Å². The van der Waals surface area contributed by atoms with Crippen molar-refractivity contribution in [3.63, 3.8) is 0 Å². The zero-order valence-corrected chi connectivity index (χ0v) is 4.83. The fourth-order valence-electron chi connectivity index (χ4n) is 0.964. The number of nitrogens with one attached hydrogen (secondary N) is 1. The zero-order chi connectivity index (χ0) is 6.91. The maximum Gasteiger partial charge on any atom is 0.403 e. The van der Waals surface area contributed by atoms with Gasteiger partial charge in [-0.15, -0.1) is 0 Å². The Labute approximate surface area is 51.2 Å². The lowest BCUT2D eigenvalue weighted by Crippen LogP contribution is -2.36. The van der Waals surface area contributed by atoms with Crippen LogP contribution in [0.2, 0.25) is 0 Å². The molecule has 0 aromatic rings. The Morgan fingerprint density at radius 1 is 1.33 bits per heavy atom. The second-order valence-corrected chi connectivity index (χ2v) is 2.19. The summed E-state index contributed by atoms with van der Waals surface area (Å²) in [6.45, 7) is 0.504. The lowest BCUT2D eigenvalue weighted by atomic mass is 10.2. The van der Waals surface area contributed by atoms with Crippen LogP contribution in [0, 0.1) is 0 Å². The topological polar surface area (TPSA) is 12.0 Å². The smallest absolute Gasteiger partial charge is 0.306 e. The number of alkyl halides is 3. The van der Waals surface area contributed by atoms with E-state index >= 15 is 0 Å². The third-order valence-corrected chi connectivity index (χ3v) is 1.46. The fourth-order valence-corrected chi connectivity index (χ4v) is 0.964. The summed E-state index contributed by atoms with van der Waals surface area (Å²) in [6, 6.07) is -1.24. The highest BCUT2D eigenvalue weighted by molar-refractivity contribution is 4.80. The van der Waals surface area contributed by atoms with Crippen LogP contribution < -0.4 is 5.32 Å². The molecule has 1 rings (SSSR count). The van der Waals surface area contributed by atoms with E-state index in [4.69, 9.17) is 0 Å². The fraction of sp³-hybridized carbons (Fsp3) is 1.00. The normalized spacial score (nSPS) is 29.0. The predicted molar refractivity (Wildman–Crippen MR) is 27.1 cm³/mol. The highest BCUT2D eigenvalue weighted by atomic mass is 19.4. The van der Waals surface area contributed by atoms with Crippen LogP contribution in [0.15, 0.2) is 0 Å². The first kappa shape index (κ1) is 6.86. The van der Waals surface area contributed by atoms with Crippen LogP contribution in [0.4, 0.5) is 13.2 Å². The zero-order valence-electron chi connectivity index (χ0n) is 4.83. The van der Waals surface area contributed by atoms with Gasteiger partial charge in [0.1, 0.15) is 6.04 Å². The third kappa shape index (κ3) is 1.58. The van der Waals surface area contributed by atoms with E-state index in [9.17, 15) is 13.2 Å². The van der Waals surface area contributed by atoms with Crippen molar-refractivity contribution in [3.05, 3.63) is 0 Å². The van der Waals surface area contributed by atoms with Crippen molar-refractivity contribution >= 4 is 0 Å². The molecule has 0 unspecified atom stereocenters. The summed E-state index contributed by atoms with van der Waals surface area (Å²) >= 11 is 0. The van der Waals surface area contributed by atoms with Crippen molar-refractivity contribution < 1.29 is 13.2 Å². The molecule has 4 heteroatoms. The first-order valence-corrected chi connectivity index (χ1v) is 2.91. The minimum absolute atomic E-state index is 0.240. The SMILES string of the molecule is FC(F)(F)[C@@H]1CCCN1. The second kappa shape index (κ2) is 2.17. The molecule has 1 atom stereocenters. The number of rotatable bonds is 0. The van der Waals surface area contributed by atoms with Crippen molar-refractivity contribution in [1.82, 2.24) is 5.32 Å². The van der Waals surface area contributed by atoms with E-state index in [1.807, 2.05) is 0 Å². The summed E-state index contributed by atoms with van der Waals surface area (Å²) in [5, 5.41) is 2.37. The predicted octanol–water partition coefficient (Wildman–Crippen LogP) is 1.30. The monoisotopic (exact) mass is 139 g/mol. The van der Waals surface area contributed by atoms with Crippen molar-refractivity contribution in [2.75, 3.05) is 6.54 Å². The van der Waals surface area contributed by atoms with Crippen LogP contribution in [0.25, 0.3) is 0 Å². The Morgan fingerprint density at radius 2 is 2.00 bits per heavy atom. The average Bonchev–Trinajstić information content (AvgIpc) is 2.08. The maximum atomic E-state index is 11.7.